The van der Waals surface area contributed by atoms with E-state index in [4.69, 9.17) is 9.47 Å². The molecule has 1 amide bonds. The number of aryl methyl sites for hydroxylation is 1. The molecule has 0 fully saturated rings. The van der Waals surface area contributed by atoms with Crippen LogP contribution in [0.2, 0.25) is 0 Å². The number of ether oxygens (including phenoxy) is 2. The molecule has 0 spiro atoms. The van der Waals surface area contributed by atoms with Gasteiger partial charge in [-0.1, -0.05) is 18.3 Å². The van der Waals surface area contributed by atoms with Gasteiger partial charge in [-0.25, -0.2) is 0 Å². The van der Waals surface area contributed by atoms with Crippen LogP contribution in [0.3, 0.4) is 0 Å². The number of carbonyl (C=O) groups excluding carboxylic acids is 1. The van der Waals surface area contributed by atoms with E-state index in [9.17, 15) is 9.59 Å². The van der Waals surface area contributed by atoms with E-state index in [0.717, 1.165) is 16.6 Å². The zero-order valence-corrected chi connectivity index (χ0v) is 17.1. The molecule has 7 heteroatoms. The summed E-state index contributed by atoms with van der Waals surface area (Å²) in [5.41, 5.74) is 2.02. The standard InChI is InChI=1S/C21H24N2O4S/c1-4-11-23-16-9-8-15(13-19(16)28-21(23)25)22-20(24)14-7-10-17(26-5-2)18(12-14)27-6-3/h7-10,12-13H,4-6,11H2,1-3H3,(H,22,24). The minimum Gasteiger partial charge on any atom is -0.490 e. The number of fused-ring (bicyclic) bond motifs is 1. The van der Waals surface area contributed by atoms with Gasteiger partial charge in [0.25, 0.3) is 5.91 Å². The molecule has 0 radical (unpaired) electrons. The first kappa shape index (κ1) is 19.9. The van der Waals surface area contributed by atoms with Crippen molar-refractivity contribution in [2.45, 2.75) is 33.7 Å². The summed E-state index contributed by atoms with van der Waals surface area (Å²) in [7, 11) is 0. The molecule has 2 aromatic carbocycles. The molecule has 0 aliphatic carbocycles. The third kappa shape index (κ3) is 4.20. The van der Waals surface area contributed by atoms with Gasteiger partial charge in [0.15, 0.2) is 11.5 Å². The van der Waals surface area contributed by atoms with Crippen LogP contribution in [0.1, 0.15) is 37.6 Å². The summed E-state index contributed by atoms with van der Waals surface area (Å²) < 4.78 is 13.8. The van der Waals surface area contributed by atoms with Crippen LogP contribution in [0.25, 0.3) is 10.2 Å². The molecule has 28 heavy (non-hydrogen) atoms. The third-order valence-electron chi connectivity index (χ3n) is 4.18. The number of nitrogens with one attached hydrogen (secondary N) is 1. The summed E-state index contributed by atoms with van der Waals surface area (Å²) >= 11 is 1.19. The zero-order valence-electron chi connectivity index (χ0n) is 16.3. The Labute approximate surface area is 167 Å². The van der Waals surface area contributed by atoms with Crippen LogP contribution in [-0.4, -0.2) is 23.7 Å². The molecule has 1 heterocycles. The van der Waals surface area contributed by atoms with Crippen LogP contribution in [0, 0.1) is 0 Å². The number of nitrogens with zero attached hydrogens (tertiary/aromatic N) is 1. The molecule has 6 nitrogen and oxygen atoms in total. The number of amides is 1. The lowest BCUT2D eigenvalue weighted by Gasteiger charge is -2.12. The van der Waals surface area contributed by atoms with E-state index in [2.05, 4.69) is 5.32 Å². The number of aromatic nitrogens is 1. The zero-order chi connectivity index (χ0) is 20.1. The summed E-state index contributed by atoms with van der Waals surface area (Å²) in [5.74, 6) is 0.912. The van der Waals surface area contributed by atoms with Crippen LogP contribution in [-0.2, 0) is 6.54 Å². The van der Waals surface area contributed by atoms with Gasteiger partial charge in [-0.2, -0.15) is 0 Å². The molecule has 0 unspecified atom stereocenters. The number of rotatable bonds is 8. The van der Waals surface area contributed by atoms with E-state index in [-0.39, 0.29) is 10.8 Å². The van der Waals surface area contributed by atoms with Gasteiger partial charge in [0.2, 0.25) is 0 Å². The summed E-state index contributed by atoms with van der Waals surface area (Å²) in [5, 5.41) is 2.89. The average molecular weight is 401 g/mol. The van der Waals surface area contributed by atoms with E-state index in [1.54, 1.807) is 22.8 Å². The van der Waals surface area contributed by atoms with Crippen molar-refractivity contribution in [1.29, 1.82) is 0 Å². The minimum absolute atomic E-state index is 0.0215. The minimum atomic E-state index is -0.247. The summed E-state index contributed by atoms with van der Waals surface area (Å²) in [6, 6.07) is 10.7. The van der Waals surface area contributed by atoms with Gasteiger partial charge in [-0.05, 0) is 56.7 Å². The number of hydrogen-bond donors (Lipinski definition) is 1. The lowest BCUT2D eigenvalue weighted by Crippen LogP contribution is -2.13. The van der Waals surface area contributed by atoms with Gasteiger partial charge in [-0.15, -0.1) is 0 Å². The fourth-order valence-corrected chi connectivity index (χ4v) is 3.93. The van der Waals surface area contributed by atoms with Gasteiger partial charge in [0.05, 0.1) is 23.4 Å². The Morgan fingerprint density at radius 3 is 2.50 bits per heavy atom. The van der Waals surface area contributed by atoms with Crippen molar-refractivity contribution < 1.29 is 14.3 Å². The maximum atomic E-state index is 12.7. The second-order valence-corrected chi connectivity index (χ2v) is 7.18. The van der Waals surface area contributed by atoms with E-state index in [1.165, 1.54) is 11.3 Å². The summed E-state index contributed by atoms with van der Waals surface area (Å²) in [4.78, 5) is 24.8. The highest BCUT2D eigenvalue weighted by Gasteiger charge is 2.13. The van der Waals surface area contributed by atoms with Crippen molar-refractivity contribution in [2.75, 3.05) is 18.5 Å². The van der Waals surface area contributed by atoms with E-state index in [1.807, 2.05) is 39.0 Å². The molecule has 0 saturated carbocycles. The Balaban J connectivity index is 1.84. The molecule has 0 atom stereocenters. The van der Waals surface area contributed by atoms with Gasteiger partial charge in [-0.3, -0.25) is 14.2 Å². The highest BCUT2D eigenvalue weighted by Crippen LogP contribution is 2.29. The Bertz CT molecular complexity index is 1040. The molecule has 148 valence electrons. The predicted molar refractivity (Wildman–Crippen MR) is 113 cm³/mol. The number of carbonyl (C=O) groups is 1. The number of anilines is 1. The second-order valence-electron chi connectivity index (χ2n) is 6.18. The lowest BCUT2D eigenvalue weighted by atomic mass is 10.1. The van der Waals surface area contributed by atoms with Gasteiger partial charge in [0.1, 0.15) is 0 Å². The summed E-state index contributed by atoms with van der Waals surface area (Å²) in [6.07, 6.45) is 0.893. The van der Waals surface area contributed by atoms with Crippen molar-refractivity contribution in [3.63, 3.8) is 0 Å². The fourth-order valence-electron chi connectivity index (χ4n) is 2.98. The van der Waals surface area contributed by atoms with Crippen LogP contribution < -0.4 is 19.7 Å². The van der Waals surface area contributed by atoms with E-state index in [0.29, 0.717) is 42.5 Å². The van der Waals surface area contributed by atoms with Crippen LogP contribution in [0.5, 0.6) is 11.5 Å². The van der Waals surface area contributed by atoms with Crippen LogP contribution in [0.15, 0.2) is 41.2 Å². The molecule has 0 aliphatic heterocycles. The monoisotopic (exact) mass is 400 g/mol. The molecule has 0 aliphatic rings. The number of hydrogen-bond acceptors (Lipinski definition) is 5. The largest absolute Gasteiger partial charge is 0.490 e. The van der Waals surface area contributed by atoms with Gasteiger partial charge >= 0.3 is 4.87 Å². The molecule has 1 N–H and O–H groups in total. The average Bonchev–Trinajstić information content (AvgIpc) is 2.98. The molecule has 1 aromatic heterocycles. The van der Waals surface area contributed by atoms with Crippen LogP contribution >= 0.6 is 11.3 Å². The van der Waals surface area contributed by atoms with Crippen molar-refractivity contribution >= 4 is 33.1 Å². The molecule has 0 saturated heterocycles. The molecule has 3 aromatic rings. The molecular formula is C21H24N2O4S. The number of thiazole rings is 1. The Morgan fingerprint density at radius 2 is 1.79 bits per heavy atom. The Hall–Kier alpha value is -2.80. The Kier molecular flexibility index (Phi) is 6.36. The molecular weight excluding hydrogens is 376 g/mol. The first-order valence-electron chi connectivity index (χ1n) is 9.41. The smallest absolute Gasteiger partial charge is 0.308 e. The van der Waals surface area contributed by atoms with Crippen molar-refractivity contribution in [1.82, 2.24) is 4.57 Å². The lowest BCUT2D eigenvalue weighted by molar-refractivity contribution is 0.102. The van der Waals surface area contributed by atoms with Gasteiger partial charge in [0, 0.05) is 17.8 Å². The van der Waals surface area contributed by atoms with Crippen LogP contribution in [0.4, 0.5) is 5.69 Å². The molecule has 3 rings (SSSR count). The number of benzene rings is 2. The summed E-state index contributed by atoms with van der Waals surface area (Å²) in [6.45, 7) is 7.51. The topological polar surface area (TPSA) is 69.6 Å². The maximum Gasteiger partial charge on any atom is 0.308 e. The third-order valence-corrected chi connectivity index (χ3v) is 5.12. The van der Waals surface area contributed by atoms with Crippen molar-refractivity contribution in [3.8, 4) is 11.5 Å². The Morgan fingerprint density at radius 1 is 1.04 bits per heavy atom. The fraction of sp³-hybridized carbons (Fsp3) is 0.333. The highest BCUT2D eigenvalue weighted by molar-refractivity contribution is 7.16. The first-order valence-corrected chi connectivity index (χ1v) is 10.2. The first-order chi connectivity index (χ1) is 13.6. The highest BCUT2D eigenvalue weighted by atomic mass is 32.1. The van der Waals surface area contributed by atoms with Crippen molar-refractivity contribution in [3.05, 3.63) is 51.6 Å². The normalized spacial score (nSPS) is 10.8. The quantitative estimate of drug-likeness (QED) is 0.603. The van der Waals surface area contributed by atoms with E-state index < -0.39 is 0 Å². The second kappa shape index (κ2) is 8.93. The van der Waals surface area contributed by atoms with Gasteiger partial charge < -0.3 is 14.8 Å². The van der Waals surface area contributed by atoms with E-state index >= 15 is 0 Å². The SMILES string of the molecule is CCCn1c(=O)sc2cc(NC(=O)c3ccc(OCC)c(OCC)c3)ccc21. The predicted octanol–water partition coefficient (Wildman–Crippen LogP) is 4.52. The van der Waals surface area contributed by atoms with Crippen molar-refractivity contribution in [2.24, 2.45) is 0 Å². The maximum absolute atomic E-state index is 12.7. The molecule has 0 bridgehead atoms.